The number of benzene rings is 1. The topological polar surface area (TPSA) is 44.3 Å². The summed E-state index contributed by atoms with van der Waals surface area (Å²) in [7, 11) is 0. The summed E-state index contributed by atoms with van der Waals surface area (Å²) in [4.78, 5) is 13.7. The van der Waals surface area contributed by atoms with E-state index in [-0.39, 0.29) is 0 Å². The van der Waals surface area contributed by atoms with Crippen molar-refractivity contribution in [2.75, 3.05) is 42.9 Å². The molecule has 1 N–H and O–H groups in total. The predicted octanol–water partition coefficient (Wildman–Crippen LogP) is 3.23. The molecule has 1 saturated heterocycles. The van der Waals surface area contributed by atoms with E-state index in [4.69, 9.17) is 0 Å². The number of nitrogens with zero attached hydrogens (tertiary/aromatic N) is 4. The number of para-hydroxylation sites is 1. The van der Waals surface area contributed by atoms with E-state index in [1.165, 1.54) is 16.8 Å². The van der Waals surface area contributed by atoms with E-state index in [0.29, 0.717) is 0 Å². The monoisotopic (exact) mass is 325 g/mol. The lowest BCUT2D eigenvalue weighted by Crippen LogP contribution is -2.46. The number of piperazine rings is 1. The molecule has 0 spiro atoms. The third-order valence-corrected chi connectivity index (χ3v) is 4.79. The third-order valence-electron chi connectivity index (χ3n) is 4.79. The van der Waals surface area contributed by atoms with Gasteiger partial charge in [0, 0.05) is 37.9 Å². The minimum Gasteiger partial charge on any atom is -0.354 e. The molecule has 24 heavy (non-hydrogen) atoms. The SMILES string of the molecule is CCc1cccc(C)c1Nc1cc(N2CCN(CC)CC2)ncn1. The van der Waals surface area contributed by atoms with Gasteiger partial charge in [-0.05, 0) is 31.0 Å². The summed E-state index contributed by atoms with van der Waals surface area (Å²) in [5, 5.41) is 3.50. The average molecular weight is 325 g/mol. The Labute approximate surface area is 144 Å². The standard InChI is InChI=1S/C19H27N5/c1-4-16-8-6-7-15(3)19(16)22-17-13-18(21-14-20-17)24-11-9-23(5-2)10-12-24/h6-8,13-14H,4-5,9-12H2,1-3H3,(H,20,21,22). The largest absolute Gasteiger partial charge is 0.354 e. The predicted molar refractivity (Wildman–Crippen MR) is 100 cm³/mol. The van der Waals surface area contributed by atoms with Gasteiger partial charge in [-0.15, -0.1) is 0 Å². The number of hydrogen-bond donors (Lipinski definition) is 1. The van der Waals surface area contributed by atoms with E-state index in [1.54, 1.807) is 6.33 Å². The number of hydrogen-bond acceptors (Lipinski definition) is 5. The van der Waals surface area contributed by atoms with Crippen molar-refractivity contribution < 1.29 is 0 Å². The summed E-state index contributed by atoms with van der Waals surface area (Å²) < 4.78 is 0. The van der Waals surface area contributed by atoms with Crippen LogP contribution in [-0.2, 0) is 6.42 Å². The zero-order chi connectivity index (χ0) is 16.9. The third kappa shape index (κ3) is 3.67. The number of nitrogens with one attached hydrogen (secondary N) is 1. The van der Waals surface area contributed by atoms with Crippen LogP contribution in [0.3, 0.4) is 0 Å². The van der Waals surface area contributed by atoms with Gasteiger partial charge in [0.2, 0.25) is 0 Å². The fourth-order valence-electron chi connectivity index (χ4n) is 3.21. The van der Waals surface area contributed by atoms with Crippen molar-refractivity contribution in [2.45, 2.75) is 27.2 Å². The van der Waals surface area contributed by atoms with Gasteiger partial charge in [0.1, 0.15) is 18.0 Å². The lowest BCUT2D eigenvalue weighted by molar-refractivity contribution is 0.270. The fourth-order valence-corrected chi connectivity index (χ4v) is 3.21. The van der Waals surface area contributed by atoms with E-state index < -0.39 is 0 Å². The minimum atomic E-state index is 0.863. The van der Waals surface area contributed by atoms with Crippen LogP contribution in [0.15, 0.2) is 30.6 Å². The summed E-state index contributed by atoms with van der Waals surface area (Å²) in [6, 6.07) is 8.47. The second-order valence-electron chi connectivity index (χ2n) is 6.27. The molecular formula is C19H27N5. The molecule has 0 radical (unpaired) electrons. The van der Waals surface area contributed by atoms with Crippen LogP contribution in [-0.4, -0.2) is 47.6 Å². The molecule has 0 bridgehead atoms. The van der Waals surface area contributed by atoms with Crippen LogP contribution < -0.4 is 10.2 Å². The van der Waals surface area contributed by atoms with Crippen molar-refractivity contribution in [2.24, 2.45) is 0 Å². The van der Waals surface area contributed by atoms with Gasteiger partial charge in [0.15, 0.2) is 0 Å². The molecule has 2 heterocycles. The first-order chi connectivity index (χ1) is 11.7. The van der Waals surface area contributed by atoms with Crippen LogP contribution in [0, 0.1) is 6.92 Å². The van der Waals surface area contributed by atoms with E-state index in [0.717, 1.165) is 50.8 Å². The van der Waals surface area contributed by atoms with Crippen molar-refractivity contribution >= 4 is 17.3 Å². The highest BCUT2D eigenvalue weighted by Gasteiger charge is 2.17. The molecule has 5 nitrogen and oxygen atoms in total. The maximum Gasteiger partial charge on any atom is 0.135 e. The molecule has 0 saturated carbocycles. The highest BCUT2D eigenvalue weighted by atomic mass is 15.3. The van der Waals surface area contributed by atoms with Crippen LogP contribution in [0.4, 0.5) is 17.3 Å². The summed E-state index contributed by atoms with van der Waals surface area (Å²) in [6.45, 7) is 11.9. The molecule has 128 valence electrons. The van der Waals surface area contributed by atoms with Gasteiger partial charge in [-0.1, -0.05) is 32.0 Å². The van der Waals surface area contributed by atoms with E-state index in [1.807, 2.05) is 0 Å². The van der Waals surface area contributed by atoms with Crippen LogP contribution in [0.25, 0.3) is 0 Å². The Kier molecular flexibility index (Phi) is 5.30. The van der Waals surface area contributed by atoms with E-state index in [9.17, 15) is 0 Å². The Morgan fingerprint density at radius 1 is 1.08 bits per heavy atom. The number of aromatic nitrogens is 2. The summed E-state index contributed by atoms with van der Waals surface area (Å²) >= 11 is 0. The molecule has 1 aromatic heterocycles. The van der Waals surface area contributed by atoms with Crippen molar-refractivity contribution in [3.8, 4) is 0 Å². The zero-order valence-corrected chi connectivity index (χ0v) is 14.9. The summed E-state index contributed by atoms with van der Waals surface area (Å²) in [5.74, 6) is 1.87. The Morgan fingerprint density at radius 3 is 2.58 bits per heavy atom. The van der Waals surface area contributed by atoms with Crippen LogP contribution in [0.1, 0.15) is 25.0 Å². The van der Waals surface area contributed by atoms with Crippen LogP contribution >= 0.6 is 0 Å². The van der Waals surface area contributed by atoms with Gasteiger partial charge in [0.25, 0.3) is 0 Å². The quantitative estimate of drug-likeness (QED) is 0.914. The van der Waals surface area contributed by atoms with Gasteiger partial charge < -0.3 is 15.1 Å². The maximum absolute atomic E-state index is 4.48. The van der Waals surface area contributed by atoms with Crippen molar-refractivity contribution in [3.63, 3.8) is 0 Å². The van der Waals surface area contributed by atoms with Gasteiger partial charge in [0.05, 0.1) is 0 Å². The van der Waals surface area contributed by atoms with Gasteiger partial charge >= 0.3 is 0 Å². The number of rotatable bonds is 5. The normalized spacial score (nSPS) is 15.5. The van der Waals surface area contributed by atoms with Gasteiger partial charge in [-0.25, -0.2) is 9.97 Å². The summed E-state index contributed by atoms with van der Waals surface area (Å²) in [6.07, 6.45) is 2.66. The van der Waals surface area contributed by atoms with Gasteiger partial charge in [-0.3, -0.25) is 0 Å². The lowest BCUT2D eigenvalue weighted by Gasteiger charge is -2.34. The number of anilines is 3. The smallest absolute Gasteiger partial charge is 0.135 e. The second-order valence-corrected chi connectivity index (χ2v) is 6.27. The molecule has 1 aromatic carbocycles. The molecule has 1 aliphatic rings. The molecule has 0 atom stereocenters. The Hall–Kier alpha value is -2.14. The average Bonchev–Trinajstić information content (AvgIpc) is 2.64. The Morgan fingerprint density at radius 2 is 1.88 bits per heavy atom. The molecule has 0 amide bonds. The molecule has 0 aliphatic carbocycles. The molecule has 0 unspecified atom stereocenters. The van der Waals surface area contributed by atoms with E-state index >= 15 is 0 Å². The first-order valence-corrected chi connectivity index (χ1v) is 8.86. The van der Waals surface area contributed by atoms with E-state index in [2.05, 4.69) is 70.1 Å². The van der Waals surface area contributed by atoms with Crippen LogP contribution in [0.5, 0.6) is 0 Å². The minimum absolute atomic E-state index is 0.863. The molecule has 1 fully saturated rings. The number of likely N-dealkylation sites (N-methyl/N-ethyl adjacent to an activating group) is 1. The first kappa shape index (κ1) is 16.7. The fraction of sp³-hybridized carbons (Fsp3) is 0.474. The van der Waals surface area contributed by atoms with Crippen LogP contribution in [0.2, 0.25) is 0 Å². The molecule has 3 rings (SSSR count). The first-order valence-electron chi connectivity index (χ1n) is 8.86. The maximum atomic E-state index is 4.48. The Bertz CT molecular complexity index is 677. The van der Waals surface area contributed by atoms with Crippen molar-refractivity contribution in [1.82, 2.24) is 14.9 Å². The molecule has 2 aromatic rings. The molecule has 1 aliphatic heterocycles. The highest BCUT2D eigenvalue weighted by Crippen LogP contribution is 2.26. The van der Waals surface area contributed by atoms with Crippen molar-refractivity contribution in [3.05, 3.63) is 41.7 Å². The molecular weight excluding hydrogens is 298 g/mol. The number of aryl methyl sites for hydroxylation is 2. The lowest BCUT2D eigenvalue weighted by atomic mass is 10.1. The highest BCUT2D eigenvalue weighted by molar-refractivity contribution is 5.66. The summed E-state index contributed by atoms with van der Waals surface area (Å²) in [5.41, 5.74) is 3.72. The van der Waals surface area contributed by atoms with Crippen molar-refractivity contribution in [1.29, 1.82) is 0 Å². The Balaban J connectivity index is 1.77. The molecule has 5 heteroatoms. The second kappa shape index (κ2) is 7.62. The zero-order valence-electron chi connectivity index (χ0n) is 14.9. The van der Waals surface area contributed by atoms with Gasteiger partial charge in [-0.2, -0.15) is 0 Å².